The molecule has 2 aromatic heterocycles. The van der Waals surface area contributed by atoms with Crippen LogP contribution in [-0.4, -0.2) is 118 Å². The van der Waals surface area contributed by atoms with Crippen LogP contribution in [0.25, 0.3) is 10.4 Å². The average molecular weight is 764 g/mol. The van der Waals surface area contributed by atoms with Gasteiger partial charge in [0.05, 0.1) is 28.2 Å². The van der Waals surface area contributed by atoms with Crippen LogP contribution < -0.4 is 10.2 Å². The molecule has 3 saturated heterocycles. The van der Waals surface area contributed by atoms with Gasteiger partial charge in [-0.3, -0.25) is 14.5 Å². The van der Waals surface area contributed by atoms with Gasteiger partial charge in [-0.15, -0.1) is 11.3 Å². The maximum atomic E-state index is 14.2. The molecular formula is C40H57N7O6S. The number of aryl methyl sites for hydroxylation is 1. The zero-order chi connectivity index (χ0) is 38.7. The Kier molecular flexibility index (Phi) is 12.3. The summed E-state index contributed by atoms with van der Waals surface area (Å²) in [5.74, 6) is 0.392. The fourth-order valence-corrected chi connectivity index (χ4v) is 8.65. The van der Waals surface area contributed by atoms with E-state index in [2.05, 4.69) is 25.3 Å². The summed E-state index contributed by atoms with van der Waals surface area (Å²) in [6, 6.07) is 8.85. The van der Waals surface area contributed by atoms with Crippen molar-refractivity contribution >= 4 is 35.1 Å². The number of hydrogen-bond acceptors (Lipinski definition) is 11. The monoisotopic (exact) mass is 763 g/mol. The molecule has 0 bridgehead atoms. The molecule has 0 unspecified atom stereocenters. The lowest BCUT2D eigenvalue weighted by Gasteiger charge is -2.39. The van der Waals surface area contributed by atoms with Crippen LogP contribution in [0.2, 0.25) is 0 Å². The van der Waals surface area contributed by atoms with Gasteiger partial charge >= 0.3 is 6.09 Å². The molecule has 3 aliphatic rings. The molecule has 2 N–H and O–H groups in total. The third kappa shape index (κ3) is 9.43. The van der Waals surface area contributed by atoms with Crippen molar-refractivity contribution in [3.05, 3.63) is 52.9 Å². The predicted octanol–water partition coefficient (Wildman–Crippen LogP) is 5.45. The van der Waals surface area contributed by atoms with Crippen LogP contribution in [-0.2, 0) is 14.3 Å². The van der Waals surface area contributed by atoms with Crippen LogP contribution in [0.3, 0.4) is 0 Å². The molecule has 3 fully saturated rings. The molecule has 3 aromatic rings. The molecule has 13 nitrogen and oxygen atoms in total. The number of nitrogens with zero attached hydrogens (tertiary/aromatic N) is 6. The van der Waals surface area contributed by atoms with Gasteiger partial charge in [-0.1, -0.05) is 43.3 Å². The lowest BCUT2D eigenvalue weighted by molar-refractivity contribution is -0.141. The van der Waals surface area contributed by atoms with Crippen molar-refractivity contribution in [2.45, 2.75) is 97.4 Å². The van der Waals surface area contributed by atoms with Gasteiger partial charge in [-0.2, -0.15) is 0 Å². The molecule has 0 radical (unpaired) electrons. The molecule has 294 valence electrons. The molecule has 1 aromatic carbocycles. The number of aromatic nitrogens is 2. The van der Waals surface area contributed by atoms with Crippen LogP contribution in [0.4, 0.5) is 10.6 Å². The van der Waals surface area contributed by atoms with E-state index in [9.17, 15) is 19.5 Å². The summed E-state index contributed by atoms with van der Waals surface area (Å²) in [5.41, 5.74) is 4.36. The van der Waals surface area contributed by atoms with Crippen LogP contribution in [0.15, 0.2) is 40.4 Å². The fraction of sp³-hybridized carbons (Fsp3) is 0.625. The summed E-state index contributed by atoms with van der Waals surface area (Å²) in [5, 5.41) is 18.2. The number of likely N-dealkylation sites (tertiary alicyclic amines) is 2. The Labute approximate surface area is 323 Å². The number of carbonyl (C=O) groups is 3. The summed E-state index contributed by atoms with van der Waals surface area (Å²) < 4.78 is 11.4. The van der Waals surface area contributed by atoms with Crippen molar-refractivity contribution in [1.82, 2.24) is 30.2 Å². The minimum absolute atomic E-state index is 0.0837. The minimum atomic E-state index is -0.797. The number of aliphatic hydroxyl groups excluding tert-OH is 1. The van der Waals surface area contributed by atoms with Crippen molar-refractivity contribution in [2.24, 2.45) is 11.8 Å². The normalized spacial score (nSPS) is 21.4. The lowest BCUT2D eigenvalue weighted by Crippen LogP contribution is -2.49. The first kappa shape index (κ1) is 39.7. The number of benzene rings is 1. The van der Waals surface area contributed by atoms with Crippen LogP contribution >= 0.6 is 11.3 Å². The van der Waals surface area contributed by atoms with Gasteiger partial charge in [-0.05, 0) is 70.4 Å². The largest absolute Gasteiger partial charge is 0.444 e. The summed E-state index contributed by atoms with van der Waals surface area (Å²) >= 11 is 1.60. The predicted molar refractivity (Wildman–Crippen MR) is 208 cm³/mol. The van der Waals surface area contributed by atoms with E-state index in [4.69, 9.17) is 9.26 Å². The van der Waals surface area contributed by atoms with E-state index in [1.807, 2.05) is 89.2 Å². The summed E-state index contributed by atoms with van der Waals surface area (Å²) in [4.78, 5) is 53.8. The first-order valence-corrected chi connectivity index (χ1v) is 20.3. The Bertz CT molecular complexity index is 1740. The number of carbonyl (C=O) groups excluding carboxylic acids is 3. The molecule has 14 heteroatoms. The third-order valence-corrected chi connectivity index (χ3v) is 11.9. The second-order valence-corrected chi connectivity index (χ2v) is 17.4. The lowest BCUT2D eigenvalue weighted by atomic mass is 9.91. The number of amides is 3. The van der Waals surface area contributed by atoms with E-state index in [0.29, 0.717) is 17.5 Å². The van der Waals surface area contributed by atoms with Gasteiger partial charge in [0.2, 0.25) is 11.8 Å². The number of β-amino-alcohol motifs (C(OH)–C–C–N with tert-alkyl or cyclic N) is 1. The number of anilines is 1. The Hall–Kier alpha value is -4.01. The van der Waals surface area contributed by atoms with Crippen LogP contribution in [0.1, 0.15) is 89.8 Å². The second kappa shape index (κ2) is 16.8. The first-order chi connectivity index (χ1) is 25.7. The number of thiazole rings is 1. The Morgan fingerprint density at radius 2 is 1.72 bits per heavy atom. The van der Waals surface area contributed by atoms with Crippen molar-refractivity contribution in [3.63, 3.8) is 0 Å². The average Bonchev–Trinajstić information content (AvgIpc) is 3.88. The Morgan fingerprint density at radius 1 is 1.04 bits per heavy atom. The number of piperazine rings is 1. The highest BCUT2D eigenvalue weighted by Crippen LogP contribution is 2.34. The molecule has 5 heterocycles. The fourth-order valence-electron chi connectivity index (χ4n) is 7.84. The number of ether oxygens (including phenoxy) is 1. The summed E-state index contributed by atoms with van der Waals surface area (Å²) in [7, 11) is 0. The summed E-state index contributed by atoms with van der Waals surface area (Å²) in [6.45, 7) is 19.4. The topological polar surface area (TPSA) is 145 Å². The van der Waals surface area contributed by atoms with E-state index < -0.39 is 23.7 Å². The van der Waals surface area contributed by atoms with Gasteiger partial charge in [0.25, 0.3) is 0 Å². The standard InChI is InChI=1S/C40H57N7O6S/c1-25(2)35(33-21-34(43-53-33)45-18-16-44(17-19-45)22-28-12-14-46(15-13-28)39(51)52-40(5,6)7)38(50)47-23-31(48)20-32(47)37(49)42-26(3)29-8-10-30(11-9-29)36-27(4)41-24-54-36/h8-11,21,24-26,28,31-32,35,48H,12-20,22-23H2,1-7H3,(H,42,49)/t26-,31+,32-,35+/m0/s1. The highest BCUT2D eigenvalue weighted by molar-refractivity contribution is 7.13. The van der Waals surface area contributed by atoms with E-state index >= 15 is 0 Å². The Balaban J connectivity index is 1.02. The SMILES string of the molecule is Cc1ncsc1-c1ccc([C@H](C)NC(=O)[C@@H]2C[C@@H](O)CN2C(=O)[C@@H](c2cc(N3CCN(CC4CCN(C(=O)OC(C)(C)C)CC4)CC3)no2)C(C)C)cc1. The van der Waals surface area contributed by atoms with Gasteiger partial charge in [-0.25, -0.2) is 9.78 Å². The highest BCUT2D eigenvalue weighted by Gasteiger charge is 2.43. The number of aliphatic hydroxyl groups is 1. The molecular weight excluding hydrogens is 707 g/mol. The van der Waals surface area contributed by atoms with Gasteiger partial charge in [0.1, 0.15) is 17.6 Å². The zero-order valence-corrected chi connectivity index (χ0v) is 33.6. The maximum absolute atomic E-state index is 14.2. The van der Waals surface area contributed by atoms with Crippen molar-refractivity contribution in [2.75, 3.05) is 57.3 Å². The molecule has 6 rings (SSSR count). The number of hydrogen-bond donors (Lipinski definition) is 2. The number of rotatable bonds is 10. The van der Waals surface area contributed by atoms with Gasteiger partial charge in [0, 0.05) is 64.8 Å². The molecule has 0 aliphatic carbocycles. The third-order valence-electron chi connectivity index (χ3n) is 10.9. The van der Waals surface area contributed by atoms with Gasteiger partial charge < -0.3 is 34.4 Å². The molecule has 4 atom stereocenters. The Morgan fingerprint density at radius 3 is 2.33 bits per heavy atom. The second-order valence-electron chi connectivity index (χ2n) is 16.5. The maximum Gasteiger partial charge on any atom is 0.410 e. The van der Waals surface area contributed by atoms with E-state index in [1.54, 1.807) is 11.3 Å². The van der Waals surface area contributed by atoms with E-state index in [-0.39, 0.29) is 42.8 Å². The number of piperidine rings is 1. The highest BCUT2D eigenvalue weighted by atomic mass is 32.1. The molecule has 54 heavy (non-hydrogen) atoms. The van der Waals surface area contributed by atoms with Crippen LogP contribution in [0.5, 0.6) is 0 Å². The van der Waals surface area contributed by atoms with Crippen molar-refractivity contribution < 1.29 is 28.8 Å². The number of nitrogens with one attached hydrogen (secondary N) is 1. The van der Waals surface area contributed by atoms with Crippen molar-refractivity contribution in [1.29, 1.82) is 0 Å². The van der Waals surface area contributed by atoms with Crippen LogP contribution in [0, 0.1) is 18.8 Å². The molecule has 3 amide bonds. The minimum Gasteiger partial charge on any atom is -0.444 e. The quantitative estimate of drug-likeness (QED) is 0.274. The molecule has 0 spiro atoms. The van der Waals surface area contributed by atoms with Crippen molar-refractivity contribution in [3.8, 4) is 10.4 Å². The zero-order valence-electron chi connectivity index (χ0n) is 32.8. The van der Waals surface area contributed by atoms with E-state index in [0.717, 1.165) is 80.4 Å². The molecule has 0 saturated carbocycles. The molecule has 3 aliphatic heterocycles. The van der Waals surface area contributed by atoms with Gasteiger partial charge in [0.15, 0.2) is 11.6 Å². The smallest absolute Gasteiger partial charge is 0.410 e. The van der Waals surface area contributed by atoms with E-state index in [1.165, 1.54) is 4.90 Å². The summed E-state index contributed by atoms with van der Waals surface area (Å²) in [6.07, 6.45) is 1.09. The first-order valence-electron chi connectivity index (χ1n) is 19.4.